The van der Waals surface area contributed by atoms with E-state index >= 15 is 0 Å². The van der Waals surface area contributed by atoms with E-state index in [-0.39, 0.29) is 29.9 Å². The van der Waals surface area contributed by atoms with Crippen LogP contribution in [-0.2, 0) is 14.3 Å². The molecular weight excluding hydrogens is 737 g/mol. The molecule has 0 unspecified atom stereocenters. The van der Waals surface area contributed by atoms with Gasteiger partial charge in [0.2, 0.25) is 0 Å². The van der Waals surface area contributed by atoms with Crippen LogP contribution in [0.2, 0.25) is 0 Å². The highest BCUT2D eigenvalue weighted by Crippen LogP contribution is 2.34. The van der Waals surface area contributed by atoms with Crippen LogP contribution in [0.4, 0.5) is 9.59 Å². The van der Waals surface area contributed by atoms with Crippen LogP contribution in [0.15, 0.2) is 61.2 Å². The van der Waals surface area contributed by atoms with Gasteiger partial charge in [0.05, 0.1) is 11.4 Å². The summed E-state index contributed by atoms with van der Waals surface area (Å²) in [7, 11) is 0. The van der Waals surface area contributed by atoms with Crippen molar-refractivity contribution in [3.05, 3.63) is 72.6 Å². The summed E-state index contributed by atoms with van der Waals surface area (Å²) in [6, 6.07) is 11.9. The third-order valence-corrected chi connectivity index (χ3v) is 10.5. The molecule has 6 atom stereocenters. The molecule has 7 heterocycles. The lowest BCUT2D eigenvalue weighted by atomic mass is 9.94. The lowest BCUT2D eigenvalue weighted by molar-refractivity contribution is -0.111. The molecule has 58 heavy (non-hydrogen) atoms. The van der Waals surface area contributed by atoms with Gasteiger partial charge in [0.15, 0.2) is 6.19 Å². The molecule has 3 aliphatic heterocycles. The quantitative estimate of drug-likeness (QED) is 0.155. The SMILES string of the molecule is C[C@@H]1CN(C#N)C[C@H]1c1cc(-c2ccncc2)n[nH]1.C[C@@H]1CN(C(=O)OC(C)(C)C)C[C@H]1C=O.C[C@@H]1CN(C(=O)OC(C)(C)C)C[C@H]1c1cc(-c2ccncc2)n[nH]1. The number of hydrogen-bond donors (Lipinski definition) is 2. The van der Waals surface area contributed by atoms with Gasteiger partial charge in [-0.3, -0.25) is 20.2 Å². The highest BCUT2D eigenvalue weighted by Gasteiger charge is 2.37. The number of H-pyrrole nitrogens is 2. The van der Waals surface area contributed by atoms with Gasteiger partial charge in [-0.05, 0) is 95.7 Å². The Bertz CT molecular complexity index is 2000. The van der Waals surface area contributed by atoms with Crippen molar-refractivity contribution in [3.8, 4) is 28.7 Å². The van der Waals surface area contributed by atoms with Crippen LogP contribution in [0, 0.1) is 35.1 Å². The highest BCUT2D eigenvalue weighted by atomic mass is 16.6. The summed E-state index contributed by atoms with van der Waals surface area (Å²) in [5, 5.41) is 24.0. The molecule has 3 fully saturated rings. The first kappa shape index (κ1) is 43.3. The van der Waals surface area contributed by atoms with E-state index in [1.807, 2.05) is 77.6 Å². The molecule has 310 valence electrons. The van der Waals surface area contributed by atoms with Crippen molar-refractivity contribution < 1.29 is 23.9 Å². The Kier molecular flexibility index (Phi) is 13.9. The zero-order chi connectivity index (χ0) is 42.2. The van der Waals surface area contributed by atoms with Gasteiger partial charge in [0.25, 0.3) is 0 Å². The van der Waals surface area contributed by atoms with Crippen molar-refractivity contribution >= 4 is 18.5 Å². The fourth-order valence-electron chi connectivity index (χ4n) is 7.34. The van der Waals surface area contributed by atoms with E-state index in [2.05, 4.69) is 62.5 Å². The minimum Gasteiger partial charge on any atom is -0.444 e. The van der Waals surface area contributed by atoms with Gasteiger partial charge in [-0.25, -0.2) is 9.59 Å². The molecule has 0 radical (unpaired) electrons. The number of aldehydes is 1. The van der Waals surface area contributed by atoms with E-state index in [9.17, 15) is 14.4 Å². The van der Waals surface area contributed by atoms with Crippen molar-refractivity contribution in [1.29, 1.82) is 5.26 Å². The molecule has 7 rings (SSSR count). The summed E-state index contributed by atoms with van der Waals surface area (Å²) in [6.07, 6.45) is 9.62. The van der Waals surface area contributed by atoms with Crippen molar-refractivity contribution in [2.75, 3.05) is 39.3 Å². The van der Waals surface area contributed by atoms with Crippen molar-refractivity contribution in [1.82, 2.24) is 45.1 Å². The zero-order valence-electron chi connectivity index (χ0n) is 35.2. The summed E-state index contributed by atoms with van der Waals surface area (Å²) >= 11 is 0. The van der Waals surface area contributed by atoms with Gasteiger partial charge in [0.1, 0.15) is 17.5 Å². The lowest BCUT2D eigenvalue weighted by Crippen LogP contribution is -2.35. The number of carbonyl (C=O) groups is 3. The maximum atomic E-state index is 12.3. The summed E-state index contributed by atoms with van der Waals surface area (Å²) < 4.78 is 10.7. The van der Waals surface area contributed by atoms with Crippen LogP contribution in [-0.4, -0.2) is 114 Å². The monoisotopic (exact) mass is 794 g/mol. The zero-order valence-corrected chi connectivity index (χ0v) is 35.2. The number of amides is 2. The Balaban J connectivity index is 0.000000171. The third kappa shape index (κ3) is 11.6. The number of carbonyl (C=O) groups excluding carboxylic acids is 3. The van der Waals surface area contributed by atoms with Gasteiger partial charge < -0.3 is 29.0 Å². The predicted octanol–water partition coefficient (Wildman–Crippen LogP) is 7.12. The van der Waals surface area contributed by atoms with E-state index in [4.69, 9.17) is 14.7 Å². The third-order valence-electron chi connectivity index (χ3n) is 10.5. The van der Waals surface area contributed by atoms with E-state index in [0.29, 0.717) is 43.9 Å². The largest absolute Gasteiger partial charge is 0.444 e. The van der Waals surface area contributed by atoms with Gasteiger partial charge in [0, 0.05) is 104 Å². The van der Waals surface area contributed by atoms with Crippen LogP contribution >= 0.6 is 0 Å². The number of hydrogen-bond acceptors (Lipinski definition) is 11. The number of nitrogens with one attached hydrogen (secondary N) is 2. The van der Waals surface area contributed by atoms with E-state index < -0.39 is 11.2 Å². The molecule has 2 amide bonds. The molecule has 0 bridgehead atoms. The van der Waals surface area contributed by atoms with Crippen molar-refractivity contribution in [2.45, 2.75) is 85.4 Å². The standard InChI is InChI=1S/C18H24N4O2.C14H15N5.C11H19NO3/c1-12-10-22(17(23)24-18(2,3)4)11-14(12)16-9-15(20-21-16)13-5-7-19-8-6-13;1-10-7-19(9-15)8-12(10)14-6-13(17-18-14)11-2-4-16-5-3-11;1-8-5-12(6-9(8)7-13)10(14)15-11(2,3)4/h5-9,12,14H,10-11H2,1-4H3,(H,20,21);2-6,10,12H,7-8H2,1H3,(H,17,18);7-9H,5-6H2,1-4H3/t12-,14-;10-,12-;8-,9+/m111/s1. The number of rotatable bonds is 5. The molecular formula is C43H58N10O5. The molecule has 0 aromatic carbocycles. The summed E-state index contributed by atoms with van der Waals surface area (Å²) in [5.41, 5.74) is 5.13. The number of nitrogens with zero attached hydrogens (tertiary/aromatic N) is 8. The first-order valence-corrected chi connectivity index (χ1v) is 19.9. The number of ether oxygens (including phenoxy) is 2. The smallest absolute Gasteiger partial charge is 0.410 e. The number of pyridine rings is 2. The molecule has 15 nitrogen and oxygen atoms in total. The molecule has 15 heteroatoms. The molecule has 4 aromatic rings. The fourth-order valence-corrected chi connectivity index (χ4v) is 7.34. The fraction of sp³-hybridized carbons (Fsp3) is 0.535. The van der Waals surface area contributed by atoms with Crippen molar-refractivity contribution in [2.24, 2.45) is 23.7 Å². The number of aromatic nitrogens is 6. The maximum Gasteiger partial charge on any atom is 0.410 e. The molecule has 0 aliphatic carbocycles. The summed E-state index contributed by atoms with van der Waals surface area (Å²) in [4.78, 5) is 47.9. The Morgan fingerprint density at radius 3 is 1.53 bits per heavy atom. The molecule has 2 N–H and O–H groups in total. The Labute approximate surface area is 341 Å². The van der Waals surface area contributed by atoms with Crippen LogP contribution < -0.4 is 0 Å². The van der Waals surface area contributed by atoms with E-state index in [0.717, 1.165) is 53.3 Å². The van der Waals surface area contributed by atoms with E-state index in [1.165, 1.54) is 0 Å². The minimum atomic E-state index is -0.473. The van der Waals surface area contributed by atoms with Gasteiger partial charge in [-0.2, -0.15) is 15.5 Å². The molecule has 0 saturated carbocycles. The van der Waals surface area contributed by atoms with E-state index in [1.54, 1.807) is 34.6 Å². The average Bonchev–Trinajstić information content (AvgIpc) is 4.02. The second-order valence-corrected chi connectivity index (χ2v) is 17.6. The average molecular weight is 795 g/mol. The second-order valence-electron chi connectivity index (χ2n) is 17.6. The van der Waals surface area contributed by atoms with Crippen LogP contribution in [0.25, 0.3) is 22.5 Å². The number of likely N-dealkylation sites (tertiary alicyclic amines) is 3. The summed E-state index contributed by atoms with van der Waals surface area (Å²) in [6.45, 7) is 21.5. The van der Waals surface area contributed by atoms with Crippen LogP contribution in [0.5, 0.6) is 0 Å². The van der Waals surface area contributed by atoms with Crippen LogP contribution in [0.1, 0.15) is 85.5 Å². The predicted molar refractivity (Wildman–Crippen MR) is 219 cm³/mol. The number of nitriles is 1. The molecule has 3 saturated heterocycles. The summed E-state index contributed by atoms with van der Waals surface area (Å²) in [5.74, 6) is 1.59. The molecule has 4 aromatic heterocycles. The lowest BCUT2D eigenvalue weighted by Gasteiger charge is -2.24. The first-order valence-electron chi connectivity index (χ1n) is 19.9. The highest BCUT2D eigenvalue weighted by molar-refractivity contribution is 5.70. The Morgan fingerprint density at radius 2 is 1.12 bits per heavy atom. The second kappa shape index (κ2) is 18.7. The number of aromatic amines is 2. The Morgan fingerprint density at radius 1 is 0.690 bits per heavy atom. The topological polar surface area (TPSA) is 186 Å². The van der Waals surface area contributed by atoms with Gasteiger partial charge in [-0.1, -0.05) is 20.8 Å². The van der Waals surface area contributed by atoms with Crippen LogP contribution in [0.3, 0.4) is 0 Å². The maximum absolute atomic E-state index is 12.3. The minimum absolute atomic E-state index is 0.0440. The first-order chi connectivity index (χ1) is 27.4. The van der Waals surface area contributed by atoms with Gasteiger partial charge >= 0.3 is 12.2 Å². The van der Waals surface area contributed by atoms with Crippen molar-refractivity contribution in [3.63, 3.8) is 0 Å². The van der Waals surface area contributed by atoms with Gasteiger partial charge in [-0.15, -0.1) is 0 Å². The molecule has 0 spiro atoms. The Hall–Kier alpha value is -5.78. The molecule has 3 aliphatic rings. The normalized spacial score (nSPS) is 22.9.